The summed E-state index contributed by atoms with van der Waals surface area (Å²) in [5, 5.41) is 0. The summed E-state index contributed by atoms with van der Waals surface area (Å²) in [6.45, 7) is 0.0611. The lowest BCUT2D eigenvalue weighted by Gasteiger charge is -1.93. The minimum Gasteiger partial charge on any atom is -0.266 e. The SMILES string of the molecule is CS(=O)(=O)OCC=CCCl. The first-order valence-corrected chi connectivity index (χ1v) is 4.97. The highest BCUT2D eigenvalue weighted by molar-refractivity contribution is 7.85. The lowest BCUT2D eigenvalue weighted by atomic mass is 10.6. The van der Waals surface area contributed by atoms with Gasteiger partial charge in [0.05, 0.1) is 12.9 Å². The van der Waals surface area contributed by atoms with Crippen molar-refractivity contribution in [3.05, 3.63) is 12.2 Å². The molecule has 10 heavy (non-hydrogen) atoms. The normalized spacial score (nSPS) is 12.6. The first-order chi connectivity index (χ1) is 4.56. The van der Waals surface area contributed by atoms with Gasteiger partial charge in [-0.2, -0.15) is 8.42 Å². The molecule has 0 aliphatic rings. The molecule has 0 aromatic carbocycles. The Morgan fingerprint density at radius 2 is 2.10 bits per heavy atom. The van der Waals surface area contributed by atoms with Crippen molar-refractivity contribution in [2.24, 2.45) is 0 Å². The van der Waals surface area contributed by atoms with E-state index in [2.05, 4.69) is 4.18 Å². The van der Waals surface area contributed by atoms with Crippen LogP contribution in [-0.4, -0.2) is 27.2 Å². The quantitative estimate of drug-likeness (QED) is 0.368. The van der Waals surface area contributed by atoms with Gasteiger partial charge in [0, 0.05) is 5.88 Å². The van der Waals surface area contributed by atoms with E-state index in [1.807, 2.05) is 0 Å². The van der Waals surface area contributed by atoms with Crippen LogP contribution >= 0.6 is 11.6 Å². The van der Waals surface area contributed by atoms with Crippen LogP contribution < -0.4 is 0 Å². The molecule has 0 amide bonds. The monoisotopic (exact) mass is 184 g/mol. The molecular weight excluding hydrogens is 176 g/mol. The summed E-state index contributed by atoms with van der Waals surface area (Å²) in [5.74, 6) is 0.368. The molecule has 0 fully saturated rings. The van der Waals surface area contributed by atoms with E-state index in [9.17, 15) is 8.42 Å². The molecule has 0 unspecified atom stereocenters. The summed E-state index contributed by atoms with van der Waals surface area (Å²) in [5.41, 5.74) is 0. The first-order valence-electron chi connectivity index (χ1n) is 2.61. The largest absolute Gasteiger partial charge is 0.266 e. The van der Waals surface area contributed by atoms with Crippen LogP contribution in [0.25, 0.3) is 0 Å². The fraction of sp³-hybridized carbons (Fsp3) is 0.600. The van der Waals surface area contributed by atoms with E-state index in [1.54, 1.807) is 12.2 Å². The van der Waals surface area contributed by atoms with Gasteiger partial charge in [-0.1, -0.05) is 12.2 Å². The van der Waals surface area contributed by atoms with E-state index in [-0.39, 0.29) is 6.61 Å². The van der Waals surface area contributed by atoms with Crippen molar-refractivity contribution >= 4 is 21.7 Å². The molecule has 0 radical (unpaired) electrons. The Bertz CT molecular complexity index is 195. The van der Waals surface area contributed by atoms with Crippen LogP contribution in [0.15, 0.2) is 12.2 Å². The summed E-state index contributed by atoms with van der Waals surface area (Å²) in [6.07, 6.45) is 4.17. The average Bonchev–Trinajstić information content (AvgIpc) is 1.78. The summed E-state index contributed by atoms with van der Waals surface area (Å²) < 4.78 is 25.0. The second kappa shape index (κ2) is 4.71. The fourth-order valence-electron chi connectivity index (χ4n) is 0.294. The molecule has 0 saturated heterocycles. The maximum Gasteiger partial charge on any atom is 0.264 e. The Morgan fingerprint density at radius 3 is 2.50 bits per heavy atom. The van der Waals surface area contributed by atoms with Crippen molar-refractivity contribution in [3.8, 4) is 0 Å². The standard InChI is InChI=1S/C5H9ClO3S/c1-10(7,8)9-5-3-2-4-6/h2-3H,4-5H2,1H3. The Kier molecular flexibility index (Phi) is 4.68. The molecule has 0 saturated carbocycles. The van der Waals surface area contributed by atoms with Crippen molar-refractivity contribution in [1.82, 2.24) is 0 Å². The highest BCUT2D eigenvalue weighted by atomic mass is 35.5. The molecule has 0 aromatic rings. The van der Waals surface area contributed by atoms with Gasteiger partial charge < -0.3 is 0 Å². The minimum absolute atomic E-state index is 0.0611. The summed E-state index contributed by atoms with van der Waals surface area (Å²) in [6, 6.07) is 0. The molecule has 5 heteroatoms. The van der Waals surface area contributed by atoms with E-state index < -0.39 is 10.1 Å². The third-order valence-electron chi connectivity index (χ3n) is 0.634. The van der Waals surface area contributed by atoms with E-state index >= 15 is 0 Å². The van der Waals surface area contributed by atoms with Gasteiger partial charge in [-0.15, -0.1) is 11.6 Å². The summed E-state index contributed by atoms with van der Waals surface area (Å²) in [4.78, 5) is 0. The number of hydrogen-bond acceptors (Lipinski definition) is 3. The van der Waals surface area contributed by atoms with E-state index in [4.69, 9.17) is 11.6 Å². The summed E-state index contributed by atoms with van der Waals surface area (Å²) in [7, 11) is -3.30. The lowest BCUT2D eigenvalue weighted by Crippen LogP contribution is -2.01. The smallest absolute Gasteiger partial charge is 0.264 e. The molecule has 0 aromatic heterocycles. The fourth-order valence-corrected chi connectivity index (χ4v) is 0.746. The molecule has 0 rings (SSSR count). The third kappa shape index (κ3) is 7.94. The number of alkyl halides is 1. The van der Waals surface area contributed by atoms with Gasteiger partial charge in [0.1, 0.15) is 0 Å². The zero-order chi connectivity index (χ0) is 8.04. The van der Waals surface area contributed by atoms with Gasteiger partial charge in [-0.05, 0) is 0 Å². The molecule has 0 aliphatic heterocycles. The predicted octanol–water partition coefficient (Wildman–Crippen LogP) is 0.758. The zero-order valence-electron chi connectivity index (χ0n) is 5.58. The van der Waals surface area contributed by atoms with Crippen LogP contribution in [0.1, 0.15) is 0 Å². The van der Waals surface area contributed by atoms with Crippen LogP contribution in [0.3, 0.4) is 0 Å². The second-order valence-electron chi connectivity index (χ2n) is 1.61. The van der Waals surface area contributed by atoms with Crippen LogP contribution in [0.5, 0.6) is 0 Å². The summed E-state index contributed by atoms with van der Waals surface area (Å²) >= 11 is 5.26. The number of halogens is 1. The van der Waals surface area contributed by atoms with E-state index in [1.165, 1.54) is 0 Å². The molecule has 0 bridgehead atoms. The third-order valence-corrected chi connectivity index (χ3v) is 1.38. The van der Waals surface area contributed by atoms with Gasteiger partial charge in [0.2, 0.25) is 0 Å². The van der Waals surface area contributed by atoms with Gasteiger partial charge in [-0.3, -0.25) is 4.18 Å². The van der Waals surface area contributed by atoms with Gasteiger partial charge in [0.15, 0.2) is 0 Å². The Hall–Kier alpha value is -0.0600. The maximum absolute atomic E-state index is 10.3. The molecule has 0 atom stereocenters. The van der Waals surface area contributed by atoms with Crippen LogP contribution in [0, 0.1) is 0 Å². The highest BCUT2D eigenvalue weighted by Crippen LogP contribution is 1.87. The predicted molar refractivity (Wildman–Crippen MR) is 40.7 cm³/mol. The van der Waals surface area contributed by atoms with Gasteiger partial charge >= 0.3 is 0 Å². The van der Waals surface area contributed by atoms with Crippen molar-refractivity contribution in [3.63, 3.8) is 0 Å². The molecular formula is C5H9ClO3S. The van der Waals surface area contributed by atoms with Crippen LogP contribution in [-0.2, 0) is 14.3 Å². The van der Waals surface area contributed by atoms with E-state index in [0.717, 1.165) is 6.26 Å². The second-order valence-corrected chi connectivity index (χ2v) is 3.57. The Balaban J connectivity index is 3.48. The topological polar surface area (TPSA) is 43.4 Å². The number of hydrogen-bond donors (Lipinski definition) is 0. The van der Waals surface area contributed by atoms with Gasteiger partial charge in [0.25, 0.3) is 10.1 Å². The van der Waals surface area contributed by atoms with E-state index in [0.29, 0.717) is 5.88 Å². The van der Waals surface area contributed by atoms with Crippen molar-refractivity contribution in [2.45, 2.75) is 0 Å². The Morgan fingerprint density at radius 1 is 1.50 bits per heavy atom. The molecule has 3 nitrogen and oxygen atoms in total. The minimum atomic E-state index is -3.30. The van der Waals surface area contributed by atoms with Gasteiger partial charge in [-0.25, -0.2) is 0 Å². The van der Waals surface area contributed by atoms with Crippen molar-refractivity contribution in [2.75, 3.05) is 18.7 Å². The maximum atomic E-state index is 10.3. The molecule has 0 N–H and O–H groups in total. The number of rotatable bonds is 4. The first kappa shape index (κ1) is 9.94. The number of allylic oxidation sites excluding steroid dienone is 1. The molecule has 0 aliphatic carbocycles. The highest BCUT2D eigenvalue weighted by Gasteiger charge is 1.96. The van der Waals surface area contributed by atoms with Crippen molar-refractivity contribution < 1.29 is 12.6 Å². The van der Waals surface area contributed by atoms with Crippen LogP contribution in [0.2, 0.25) is 0 Å². The molecule has 60 valence electrons. The Labute approximate surface area is 65.8 Å². The zero-order valence-corrected chi connectivity index (χ0v) is 7.15. The molecule has 0 heterocycles. The lowest BCUT2D eigenvalue weighted by molar-refractivity contribution is 0.361. The van der Waals surface area contributed by atoms with Crippen LogP contribution in [0.4, 0.5) is 0 Å². The van der Waals surface area contributed by atoms with Crippen molar-refractivity contribution in [1.29, 1.82) is 0 Å². The average molecular weight is 185 g/mol. The molecule has 0 spiro atoms.